The van der Waals surface area contributed by atoms with Crippen molar-refractivity contribution >= 4 is 29.2 Å². The Morgan fingerprint density at radius 3 is 2.71 bits per heavy atom. The zero-order valence-electron chi connectivity index (χ0n) is 11.6. The first-order valence-electron chi connectivity index (χ1n) is 6.36. The summed E-state index contributed by atoms with van der Waals surface area (Å²) in [6, 6.07) is 3.11. The number of likely N-dealkylation sites (N-methyl/N-ethyl adjacent to an activating group) is 1. The Balaban J connectivity index is 2.56. The lowest BCUT2D eigenvalue weighted by atomic mass is 10.0. The summed E-state index contributed by atoms with van der Waals surface area (Å²) >= 11 is 5.63. The van der Waals surface area contributed by atoms with Crippen LogP contribution in [0.5, 0.6) is 0 Å². The van der Waals surface area contributed by atoms with Crippen LogP contribution in [0.25, 0.3) is 0 Å². The van der Waals surface area contributed by atoms with Crippen molar-refractivity contribution in [3.8, 4) is 0 Å². The standard InChI is InChI=1S/C13H18ClN3O4/c1-17(4-5-18)8-9(13(20)21)6-12(19)16-10-2-3-11(14)15-7-10/h2-3,7,9,18H,4-6,8H2,1H3,(H,16,19)(H,20,21)/t9-/m0/s1. The first kappa shape index (κ1) is 17.4. The van der Waals surface area contributed by atoms with Crippen LogP contribution in [0.15, 0.2) is 18.3 Å². The number of amides is 1. The maximum absolute atomic E-state index is 11.8. The Hall–Kier alpha value is -1.70. The molecule has 0 radical (unpaired) electrons. The van der Waals surface area contributed by atoms with Gasteiger partial charge in [-0.1, -0.05) is 11.6 Å². The lowest BCUT2D eigenvalue weighted by molar-refractivity contribution is -0.144. The minimum Gasteiger partial charge on any atom is -0.481 e. The zero-order valence-corrected chi connectivity index (χ0v) is 12.4. The van der Waals surface area contributed by atoms with Crippen LogP contribution in [-0.4, -0.2) is 58.7 Å². The fourth-order valence-corrected chi connectivity index (χ4v) is 1.87. The first-order valence-corrected chi connectivity index (χ1v) is 6.73. The van der Waals surface area contributed by atoms with E-state index < -0.39 is 17.8 Å². The molecule has 1 atom stereocenters. The van der Waals surface area contributed by atoms with E-state index in [1.165, 1.54) is 12.3 Å². The molecule has 8 heteroatoms. The number of halogens is 1. The second-order valence-electron chi connectivity index (χ2n) is 4.64. The molecule has 1 aromatic heterocycles. The molecule has 116 valence electrons. The second kappa shape index (κ2) is 8.56. The molecule has 0 aliphatic heterocycles. The molecule has 0 unspecified atom stereocenters. The number of aliphatic hydroxyl groups is 1. The highest BCUT2D eigenvalue weighted by atomic mass is 35.5. The van der Waals surface area contributed by atoms with E-state index in [-0.39, 0.29) is 19.6 Å². The maximum atomic E-state index is 11.8. The van der Waals surface area contributed by atoms with E-state index in [0.29, 0.717) is 17.4 Å². The largest absolute Gasteiger partial charge is 0.481 e. The van der Waals surface area contributed by atoms with Crippen molar-refractivity contribution < 1.29 is 19.8 Å². The molecule has 7 nitrogen and oxygen atoms in total. The van der Waals surface area contributed by atoms with E-state index in [2.05, 4.69) is 10.3 Å². The van der Waals surface area contributed by atoms with Crippen molar-refractivity contribution in [2.45, 2.75) is 6.42 Å². The van der Waals surface area contributed by atoms with Gasteiger partial charge in [0.1, 0.15) is 5.15 Å². The normalized spacial score (nSPS) is 12.2. The summed E-state index contributed by atoms with van der Waals surface area (Å²) in [5, 5.41) is 20.8. The summed E-state index contributed by atoms with van der Waals surface area (Å²) in [5.41, 5.74) is 0.456. The molecule has 1 amide bonds. The summed E-state index contributed by atoms with van der Waals surface area (Å²) in [4.78, 5) is 28.5. The number of nitrogens with one attached hydrogen (secondary N) is 1. The molecule has 0 aromatic carbocycles. The van der Waals surface area contributed by atoms with Crippen LogP contribution < -0.4 is 5.32 Å². The van der Waals surface area contributed by atoms with Crippen LogP contribution in [0.1, 0.15) is 6.42 Å². The Labute approximate surface area is 127 Å². The fourth-order valence-electron chi connectivity index (χ4n) is 1.75. The average Bonchev–Trinajstić information content (AvgIpc) is 2.41. The van der Waals surface area contributed by atoms with Gasteiger partial charge in [-0.25, -0.2) is 4.98 Å². The summed E-state index contributed by atoms with van der Waals surface area (Å²) < 4.78 is 0. The van der Waals surface area contributed by atoms with Gasteiger partial charge in [-0.05, 0) is 19.2 Å². The first-order chi connectivity index (χ1) is 9.92. The van der Waals surface area contributed by atoms with Crippen molar-refractivity contribution in [3.63, 3.8) is 0 Å². The number of hydrogen-bond acceptors (Lipinski definition) is 5. The monoisotopic (exact) mass is 315 g/mol. The van der Waals surface area contributed by atoms with Gasteiger partial charge in [-0.2, -0.15) is 0 Å². The highest BCUT2D eigenvalue weighted by Crippen LogP contribution is 2.12. The van der Waals surface area contributed by atoms with Crippen molar-refractivity contribution in [2.24, 2.45) is 5.92 Å². The van der Waals surface area contributed by atoms with Crippen LogP contribution in [0.2, 0.25) is 5.15 Å². The van der Waals surface area contributed by atoms with Crippen LogP contribution in [-0.2, 0) is 9.59 Å². The number of carbonyl (C=O) groups is 2. The number of pyridine rings is 1. The number of carbonyl (C=O) groups excluding carboxylic acids is 1. The van der Waals surface area contributed by atoms with Gasteiger partial charge in [0.25, 0.3) is 0 Å². The number of aliphatic hydroxyl groups excluding tert-OH is 1. The molecule has 0 bridgehead atoms. The number of hydrogen-bond donors (Lipinski definition) is 3. The molecule has 0 fully saturated rings. The number of nitrogens with zero attached hydrogens (tertiary/aromatic N) is 2. The molecule has 0 aliphatic rings. The maximum Gasteiger partial charge on any atom is 0.308 e. The van der Waals surface area contributed by atoms with Crippen molar-refractivity contribution in [3.05, 3.63) is 23.5 Å². The molecule has 0 saturated carbocycles. The smallest absolute Gasteiger partial charge is 0.308 e. The summed E-state index contributed by atoms with van der Waals surface area (Å²) in [6.07, 6.45) is 1.24. The highest BCUT2D eigenvalue weighted by molar-refractivity contribution is 6.29. The SMILES string of the molecule is CN(CCO)C[C@H](CC(=O)Nc1ccc(Cl)nc1)C(=O)O. The molecule has 0 aliphatic carbocycles. The topological polar surface area (TPSA) is 103 Å². The number of aliphatic carboxylic acids is 1. The molecular formula is C13H18ClN3O4. The quantitative estimate of drug-likeness (QED) is 0.610. The van der Waals surface area contributed by atoms with E-state index in [1.807, 2.05) is 0 Å². The van der Waals surface area contributed by atoms with Crippen LogP contribution in [0.4, 0.5) is 5.69 Å². The van der Waals surface area contributed by atoms with Crippen molar-refractivity contribution in [1.82, 2.24) is 9.88 Å². The van der Waals surface area contributed by atoms with E-state index in [1.54, 1.807) is 18.0 Å². The number of aromatic nitrogens is 1. The number of carboxylic acids is 1. The van der Waals surface area contributed by atoms with Crippen molar-refractivity contribution in [1.29, 1.82) is 0 Å². The van der Waals surface area contributed by atoms with E-state index in [4.69, 9.17) is 21.8 Å². The highest BCUT2D eigenvalue weighted by Gasteiger charge is 2.22. The number of rotatable bonds is 8. The minimum absolute atomic E-state index is 0.0640. The van der Waals surface area contributed by atoms with Gasteiger partial charge in [0.15, 0.2) is 0 Å². The molecule has 1 aromatic rings. The van der Waals surface area contributed by atoms with Crippen LogP contribution >= 0.6 is 11.6 Å². The fraction of sp³-hybridized carbons (Fsp3) is 0.462. The van der Waals surface area contributed by atoms with E-state index in [9.17, 15) is 9.59 Å². The lowest BCUT2D eigenvalue weighted by Gasteiger charge is -2.20. The molecule has 0 spiro atoms. The third-order valence-corrected chi connectivity index (χ3v) is 3.03. The average molecular weight is 316 g/mol. The number of anilines is 1. The van der Waals surface area contributed by atoms with Gasteiger partial charge >= 0.3 is 5.97 Å². The van der Waals surface area contributed by atoms with Gasteiger partial charge < -0.3 is 20.4 Å². The third-order valence-electron chi connectivity index (χ3n) is 2.81. The van der Waals surface area contributed by atoms with Gasteiger partial charge in [-0.15, -0.1) is 0 Å². The van der Waals surface area contributed by atoms with Crippen LogP contribution in [0.3, 0.4) is 0 Å². The summed E-state index contributed by atoms with van der Waals surface area (Å²) in [6.45, 7) is 0.472. The number of carboxylic acid groups (broad SMARTS) is 1. The zero-order chi connectivity index (χ0) is 15.8. The summed E-state index contributed by atoms with van der Waals surface area (Å²) in [7, 11) is 1.69. The Morgan fingerprint density at radius 1 is 1.48 bits per heavy atom. The molecule has 0 saturated heterocycles. The second-order valence-corrected chi connectivity index (χ2v) is 5.03. The van der Waals surface area contributed by atoms with Gasteiger partial charge in [0.2, 0.25) is 5.91 Å². The van der Waals surface area contributed by atoms with Crippen molar-refractivity contribution in [2.75, 3.05) is 32.1 Å². The minimum atomic E-state index is -1.05. The predicted molar refractivity (Wildman–Crippen MR) is 78.2 cm³/mol. The molecule has 21 heavy (non-hydrogen) atoms. The lowest BCUT2D eigenvalue weighted by Crippen LogP contribution is -2.34. The Bertz CT molecular complexity index is 481. The van der Waals surface area contributed by atoms with E-state index in [0.717, 1.165) is 0 Å². The summed E-state index contributed by atoms with van der Waals surface area (Å²) in [5.74, 6) is -2.31. The Kier molecular flexibility index (Phi) is 7.07. The molecular weight excluding hydrogens is 298 g/mol. The molecule has 3 N–H and O–H groups in total. The Morgan fingerprint density at radius 2 is 2.19 bits per heavy atom. The van der Waals surface area contributed by atoms with Gasteiger partial charge in [0, 0.05) is 19.5 Å². The molecule has 1 rings (SSSR count). The van der Waals surface area contributed by atoms with Gasteiger partial charge in [-0.3, -0.25) is 9.59 Å². The van der Waals surface area contributed by atoms with Gasteiger partial charge in [0.05, 0.1) is 24.4 Å². The van der Waals surface area contributed by atoms with E-state index >= 15 is 0 Å². The molecule has 1 heterocycles. The van der Waals surface area contributed by atoms with Crippen LogP contribution in [0, 0.1) is 5.92 Å². The third kappa shape index (κ3) is 6.52. The predicted octanol–water partition coefficient (Wildman–Crippen LogP) is 0.688.